The van der Waals surface area contributed by atoms with E-state index in [2.05, 4.69) is 0 Å². The quantitative estimate of drug-likeness (QED) is 0.545. The summed E-state index contributed by atoms with van der Waals surface area (Å²) in [5, 5.41) is 12.0. The van der Waals surface area contributed by atoms with E-state index in [1.165, 1.54) is 0 Å². The molecule has 1 rings (SSSR count). The van der Waals surface area contributed by atoms with Gasteiger partial charge in [0.25, 0.3) is 0 Å². The first-order valence-electron chi connectivity index (χ1n) is 3.11. The van der Waals surface area contributed by atoms with Gasteiger partial charge in [0.15, 0.2) is 0 Å². The average molecular weight is 249 g/mol. The Kier molecular flexibility index (Phi) is 19.2. The van der Waals surface area contributed by atoms with Gasteiger partial charge in [0.1, 0.15) is 0 Å². The molecule has 0 radical (unpaired) electrons. The maximum Gasteiger partial charge on any atom is 0.231 e. The van der Waals surface area contributed by atoms with E-state index in [1.54, 1.807) is 12.1 Å². The van der Waals surface area contributed by atoms with Crippen LogP contribution in [0.5, 0.6) is 0 Å². The molecule has 2 N–H and O–H groups in total. The van der Waals surface area contributed by atoms with Crippen molar-refractivity contribution in [2.75, 3.05) is 0 Å². The van der Waals surface area contributed by atoms with Gasteiger partial charge < -0.3 is 0 Å². The van der Waals surface area contributed by atoms with E-state index in [0.29, 0.717) is 10.0 Å². The number of rotatable bonds is 0. The van der Waals surface area contributed by atoms with E-state index in [4.69, 9.17) is 43.6 Å². The molecule has 6 heteroatoms. The van der Waals surface area contributed by atoms with Crippen LogP contribution in [0.15, 0.2) is 24.3 Å². The van der Waals surface area contributed by atoms with Crippen molar-refractivity contribution in [3.05, 3.63) is 34.3 Å². The molecule has 0 aliphatic rings. The van der Waals surface area contributed by atoms with Gasteiger partial charge in [0.2, 0.25) is 12.2 Å². The molecule has 4 nitrogen and oxygen atoms in total. The lowest BCUT2D eigenvalue weighted by Gasteiger charge is -1.88. The molecule has 0 aliphatic carbocycles. The fourth-order valence-corrected chi connectivity index (χ4v) is 0.711. The molecule has 82 valence electrons. The number of isocyanates is 2. The minimum absolute atomic E-state index is 0. The van der Waals surface area contributed by atoms with Crippen molar-refractivity contribution in [1.82, 2.24) is 0 Å². The molecular weight excluding hydrogens is 239 g/mol. The van der Waals surface area contributed by atoms with Crippen molar-refractivity contribution in [3.63, 3.8) is 0 Å². The van der Waals surface area contributed by atoms with Crippen LogP contribution in [0.4, 0.5) is 0 Å². The minimum Gasteiger partial charge on any atom is -0.222 e. The van der Waals surface area contributed by atoms with Crippen LogP contribution in [-0.4, -0.2) is 12.2 Å². The molecule has 15 heavy (non-hydrogen) atoms. The number of nitrogens with one attached hydrogen (secondary N) is 2. The average Bonchev–Trinajstić information content (AvgIpc) is 2.13. The maximum absolute atomic E-state index is 8.35. The Labute approximate surface area is 97.8 Å². The summed E-state index contributed by atoms with van der Waals surface area (Å²) in [6.07, 6.45) is 1.50. The first kappa shape index (κ1) is 19.2. The van der Waals surface area contributed by atoms with Crippen molar-refractivity contribution >= 4 is 35.4 Å². The fraction of sp³-hybridized carbons (Fsp3) is 0.111. The summed E-state index contributed by atoms with van der Waals surface area (Å²) in [7, 11) is 0. The van der Waals surface area contributed by atoms with Crippen LogP contribution in [-0.2, 0) is 9.59 Å². The van der Waals surface area contributed by atoms with Gasteiger partial charge in [-0.3, -0.25) is 0 Å². The van der Waals surface area contributed by atoms with Crippen LogP contribution in [0, 0.1) is 10.8 Å². The molecule has 0 atom stereocenters. The third kappa shape index (κ3) is 15.3. The van der Waals surface area contributed by atoms with Crippen LogP contribution in [0.2, 0.25) is 10.0 Å². The maximum atomic E-state index is 8.35. The summed E-state index contributed by atoms with van der Waals surface area (Å²) >= 11 is 11.2. The Bertz CT molecular complexity index is 298. The van der Waals surface area contributed by atoms with Crippen LogP contribution in [0.3, 0.4) is 0 Å². The molecule has 0 fully saturated rings. The zero-order chi connectivity index (χ0) is 11.4. The highest BCUT2D eigenvalue weighted by Crippen LogP contribution is 2.19. The lowest BCUT2D eigenvalue weighted by molar-refractivity contribution is 0.562. The lowest BCUT2D eigenvalue weighted by Crippen LogP contribution is -1.62. The minimum atomic E-state index is 0. The molecule has 0 heterocycles. The van der Waals surface area contributed by atoms with Crippen molar-refractivity contribution in [2.45, 2.75) is 7.43 Å². The highest BCUT2D eigenvalue weighted by Gasteiger charge is 1.89. The molecule has 0 bridgehead atoms. The van der Waals surface area contributed by atoms with E-state index < -0.39 is 0 Å². The zero-order valence-corrected chi connectivity index (χ0v) is 8.39. The Balaban J connectivity index is -0.000000177. The van der Waals surface area contributed by atoms with Gasteiger partial charge in [-0.25, -0.2) is 20.4 Å². The summed E-state index contributed by atoms with van der Waals surface area (Å²) in [5.74, 6) is 0. The summed E-state index contributed by atoms with van der Waals surface area (Å²) in [5.41, 5.74) is 0. The number of benzene rings is 1. The van der Waals surface area contributed by atoms with Crippen molar-refractivity contribution in [1.29, 1.82) is 10.8 Å². The smallest absolute Gasteiger partial charge is 0.222 e. The first-order chi connectivity index (χ1) is 6.63. The van der Waals surface area contributed by atoms with E-state index >= 15 is 0 Å². The standard InChI is InChI=1S/C6H4Cl2.2CHNO.CH4/c7-5-3-1-2-4-6(5)8;2*2-1-3;/h1-4H;2*2H;1H4. The molecule has 1 aromatic rings. The van der Waals surface area contributed by atoms with Gasteiger partial charge in [0.05, 0.1) is 10.0 Å². The van der Waals surface area contributed by atoms with Gasteiger partial charge in [-0.1, -0.05) is 42.8 Å². The van der Waals surface area contributed by atoms with Gasteiger partial charge in [-0.05, 0) is 12.1 Å². The van der Waals surface area contributed by atoms with E-state index in [-0.39, 0.29) is 7.43 Å². The van der Waals surface area contributed by atoms with Crippen LogP contribution < -0.4 is 0 Å². The second-order valence-electron chi connectivity index (χ2n) is 1.62. The Morgan fingerprint density at radius 3 is 1.27 bits per heavy atom. The topological polar surface area (TPSA) is 81.8 Å². The van der Waals surface area contributed by atoms with Gasteiger partial charge in [-0.2, -0.15) is 0 Å². The van der Waals surface area contributed by atoms with Crippen molar-refractivity contribution < 1.29 is 9.59 Å². The molecule has 0 saturated carbocycles. The summed E-state index contributed by atoms with van der Waals surface area (Å²) < 4.78 is 0. The van der Waals surface area contributed by atoms with E-state index in [1.807, 2.05) is 12.1 Å². The number of hydrogen-bond donors (Lipinski definition) is 2. The van der Waals surface area contributed by atoms with Gasteiger partial charge in [0, 0.05) is 0 Å². The van der Waals surface area contributed by atoms with Crippen LogP contribution in [0.25, 0.3) is 0 Å². The predicted octanol–water partition coefficient (Wildman–Crippen LogP) is 3.43. The largest absolute Gasteiger partial charge is 0.231 e. The predicted molar refractivity (Wildman–Crippen MR) is 60.0 cm³/mol. The number of hydrogen-bond acceptors (Lipinski definition) is 4. The highest BCUT2D eigenvalue weighted by molar-refractivity contribution is 6.41. The normalized spacial score (nSPS) is 6.00. The fourth-order valence-electron chi connectivity index (χ4n) is 0.439. The Morgan fingerprint density at radius 1 is 0.933 bits per heavy atom. The molecule has 1 aromatic carbocycles. The molecule has 0 aliphatic heterocycles. The van der Waals surface area contributed by atoms with E-state index in [9.17, 15) is 0 Å². The number of carbonyl (C=O) groups excluding carboxylic acids is 2. The Hall–Kier alpha value is -1.44. The SMILES string of the molecule is C.Clc1ccccc1Cl.N=C=O.N=C=O. The van der Waals surface area contributed by atoms with Crippen molar-refractivity contribution in [2.24, 2.45) is 0 Å². The third-order valence-electron chi connectivity index (χ3n) is 0.824. The monoisotopic (exact) mass is 248 g/mol. The van der Waals surface area contributed by atoms with E-state index in [0.717, 1.165) is 12.2 Å². The third-order valence-corrected chi connectivity index (χ3v) is 1.58. The summed E-state index contributed by atoms with van der Waals surface area (Å²) in [4.78, 5) is 16.7. The summed E-state index contributed by atoms with van der Waals surface area (Å²) in [6, 6.07) is 7.19. The highest BCUT2D eigenvalue weighted by atomic mass is 35.5. The van der Waals surface area contributed by atoms with Gasteiger partial charge >= 0.3 is 0 Å². The lowest BCUT2D eigenvalue weighted by atomic mass is 10.4. The zero-order valence-electron chi connectivity index (χ0n) is 6.88. The second-order valence-corrected chi connectivity index (χ2v) is 2.43. The molecule has 0 amide bonds. The van der Waals surface area contributed by atoms with Gasteiger partial charge in [-0.15, -0.1) is 0 Å². The first-order valence-corrected chi connectivity index (χ1v) is 3.87. The van der Waals surface area contributed by atoms with Crippen LogP contribution >= 0.6 is 23.2 Å². The molecular formula is C9H10Cl2N2O2. The molecule has 0 unspecified atom stereocenters. The molecule has 0 saturated heterocycles. The number of halogens is 2. The summed E-state index contributed by atoms with van der Waals surface area (Å²) in [6.45, 7) is 0. The Morgan fingerprint density at radius 2 is 1.13 bits per heavy atom. The van der Waals surface area contributed by atoms with Crippen LogP contribution in [0.1, 0.15) is 7.43 Å². The molecule has 0 aromatic heterocycles. The second kappa shape index (κ2) is 15.1. The molecule has 0 spiro atoms. The van der Waals surface area contributed by atoms with Crippen molar-refractivity contribution in [3.8, 4) is 0 Å².